The van der Waals surface area contributed by atoms with Crippen molar-refractivity contribution in [1.29, 1.82) is 0 Å². The van der Waals surface area contributed by atoms with Gasteiger partial charge in [0.05, 0.1) is 6.20 Å². The van der Waals surface area contributed by atoms with Crippen LogP contribution in [0.3, 0.4) is 0 Å². The summed E-state index contributed by atoms with van der Waals surface area (Å²) in [5, 5.41) is 3.50. The zero-order valence-corrected chi connectivity index (χ0v) is 11.3. The Hall–Kier alpha value is -0.960. The Morgan fingerprint density at radius 2 is 2.17 bits per heavy atom. The van der Waals surface area contributed by atoms with Gasteiger partial charge in [-0.15, -0.1) is 0 Å². The van der Waals surface area contributed by atoms with Crippen molar-refractivity contribution >= 4 is 0 Å². The van der Waals surface area contributed by atoms with Crippen molar-refractivity contribution < 1.29 is 4.39 Å². The maximum Gasteiger partial charge on any atom is 0.144 e. The minimum absolute atomic E-state index is 0.140. The average Bonchev–Trinajstić information content (AvgIpc) is 2.37. The number of rotatable bonds is 4. The standard InChI is InChI=1S/C15H23FN2/c1-11(2)18-9-12-5-3-4-6-13(12)14-7-8-17-10-15(14)16/h7-8,10-13,18H,3-6,9H2,1-2H3. The molecule has 0 aromatic carbocycles. The number of nitrogens with zero attached hydrogens (tertiary/aromatic N) is 1. The first-order valence-corrected chi connectivity index (χ1v) is 7.01. The molecule has 2 nitrogen and oxygen atoms in total. The van der Waals surface area contributed by atoms with E-state index >= 15 is 0 Å². The summed E-state index contributed by atoms with van der Waals surface area (Å²) in [6.45, 7) is 5.31. The molecule has 0 aliphatic heterocycles. The molecule has 3 heteroatoms. The number of halogens is 1. The predicted molar refractivity (Wildman–Crippen MR) is 72.0 cm³/mol. The fraction of sp³-hybridized carbons (Fsp3) is 0.667. The van der Waals surface area contributed by atoms with Gasteiger partial charge in [0, 0.05) is 12.2 Å². The molecule has 1 heterocycles. The SMILES string of the molecule is CC(C)NCC1CCCCC1c1ccncc1F. The summed E-state index contributed by atoms with van der Waals surface area (Å²) in [6, 6.07) is 2.35. The van der Waals surface area contributed by atoms with Crippen LogP contribution in [0.25, 0.3) is 0 Å². The molecule has 1 N–H and O–H groups in total. The van der Waals surface area contributed by atoms with E-state index in [0.717, 1.165) is 18.5 Å². The Morgan fingerprint density at radius 3 is 2.89 bits per heavy atom. The number of hydrogen-bond acceptors (Lipinski definition) is 2. The zero-order chi connectivity index (χ0) is 13.0. The molecule has 2 unspecified atom stereocenters. The fourth-order valence-electron chi connectivity index (χ4n) is 2.94. The molecule has 0 bridgehead atoms. The molecule has 1 saturated carbocycles. The molecule has 100 valence electrons. The molecule has 1 fully saturated rings. The summed E-state index contributed by atoms with van der Waals surface area (Å²) in [6.07, 6.45) is 7.84. The van der Waals surface area contributed by atoms with Crippen LogP contribution in [0.5, 0.6) is 0 Å². The minimum Gasteiger partial charge on any atom is -0.314 e. The van der Waals surface area contributed by atoms with Crippen molar-refractivity contribution in [2.45, 2.75) is 51.5 Å². The van der Waals surface area contributed by atoms with Crippen LogP contribution in [0.15, 0.2) is 18.5 Å². The first-order valence-electron chi connectivity index (χ1n) is 7.01. The molecule has 0 spiro atoms. The first kappa shape index (κ1) is 13.5. The van der Waals surface area contributed by atoms with Crippen molar-refractivity contribution in [2.75, 3.05) is 6.54 Å². The van der Waals surface area contributed by atoms with E-state index in [1.54, 1.807) is 6.20 Å². The molecule has 1 aromatic rings. The molecular weight excluding hydrogens is 227 g/mol. The van der Waals surface area contributed by atoms with Crippen molar-refractivity contribution in [2.24, 2.45) is 5.92 Å². The molecule has 1 aliphatic rings. The number of hydrogen-bond donors (Lipinski definition) is 1. The lowest BCUT2D eigenvalue weighted by atomic mass is 9.75. The van der Waals surface area contributed by atoms with Crippen LogP contribution in [0, 0.1) is 11.7 Å². The van der Waals surface area contributed by atoms with E-state index in [9.17, 15) is 4.39 Å². The van der Waals surface area contributed by atoms with Gasteiger partial charge in [-0.25, -0.2) is 4.39 Å². The third-order valence-electron chi connectivity index (χ3n) is 3.90. The van der Waals surface area contributed by atoms with Crippen LogP contribution in [0.2, 0.25) is 0 Å². The maximum atomic E-state index is 13.9. The van der Waals surface area contributed by atoms with Gasteiger partial charge in [-0.1, -0.05) is 26.7 Å². The molecule has 1 aliphatic carbocycles. The van der Waals surface area contributed by atoms with Gasteiger partial charge < -0.3 is 5.32 Å². The summed E-state index contributed by atoms with van der Waals surface area (Å²) < 4.78 is 13.9. The highest BCUT2D eigenvalue weighted by atomic mass is 19.1. The third-order valence-corrected chi connectivity index (χ3v) is 3.90. The largest absolute Gasteiger partial charge is 0.314 e. The molecule has 0 amide bonds. The lowest BCUT2D eigenvalue weighted by Gasteiger charge is -2.32. The molecular formula is C15H23FN2. The molecule has 1 aromatic heterocycles. The van der Waals surface area contributed by atoms with Crippen molar-refractivity contribution in [1.82, 2.24) is 10.3 Å². The lowest BCUT2D eigenvalue weighted by Crippen LogP contribution is -2.33. The van der Waals surface area contributed by atoms with Crippen LogP contribution >= 0.6 is 0 Å². The predicted octanol–water partition coefficient (Wildman–Crippen LogP) is 3.49. The Bertz CT molecular complexity index is 379. The van der Waals surface area contributed by atoms with Crippen molar-refractivity contribution in [3.63, 3.8) is 0 Å². The molecule has 0 radical (unpaired) electrons. The topological polar surface area (TPSA) is 24.9 Å². The van der Waals surface area contributed by atoms with E-state index in [0.29, 0.717) is 17.9 Å². The van der Waals surface area contributed by atoms with Crippen LogP contribution < -0.4 is 5.32 Å². The summed E-state index contributed by atoms with van der Waals surface area (Å²) in [5.41, 5.74) is 0.861. The van der Waals surface area contributed by atoms with E-state index < -0.39 is 0 Å². The highest BCUT2D eigenvalue weighted by molar-refractivity contribution is 5.19. The highest BCUT2D eigenvalue weighted by Crippen LogP contribution is 2.38. The van der Waals surface area contributed by atoms with Crippen LogP contribution in [0.1, 0.15) is 51.0 Å². The molecule has 0 saturated heterocycles. The first-order chi connectivity index (χ1) is 8.68. The Kier molecular flexibility index (Phi) is 4.70. The van der Waals surface area contributed by atoms with E-state index in [-0.39, 0.29) is 5.82 Å². The zero-order valence-electron chi connectivity index (χ0n) is 11.3. The second-order valence-electron chi connectivity index (χ2n) is 5.61. The average molecular weight is 250 g/mol. The molecule has 2 atom stereocenters. The van der Waals surface area contributed by atoms with Gasteiger partial charge in [0.15, 0.2) is 0 Å². The van der Waals surface area contributed by atoms with Crippen LogP contribution in [-0.4, -0.2) is 17.6 Å². The summed E-state index contributed by atoms with van der Waals surface area (Å²) in [5.74, 6) is 0.769. The second kappa shape index (κ2) is 6.28. The molecule has 2 rings (SSSR count). The van der Waals surface area contributed by atoms with Gasteiger partial charge in [-0.05, 0) is 42.9 Å². The van der Waals surface area contributed by atoms with Gasteiger partial charge in [-0.3, -0.25) is 4.98 Å². The highest BCUT2D eigenvalue weighted by Gasteiger charge is 2.28. The summed E-state index contributed by atoms with van der Waals surface area (Å²) in [7, 11) is 0. The van der Waals surface area contributed by atoms with Crippen molar-refractivity contribution in [3.05, 3.63) is 29.8 Å². The van der Waals surface area contributed by atoms with E-state index in [1.807, 2.05) is 6.07 Å². The van der Waals surface area contributed by atoms with Gasteiger partial charge in [0.1, 0.15) is 5.82 Å². The normalized spacial score (nSPS) is 24.4. The summed E-state index contributed by atoms with van der Waals surface area (Å²) >= 11 is 0. The Morgan fingerprint density at radius 1 is 1.39 bits per heavy atom. The number of aromatic nitrogens is 1. The third kappa shape index (κ3) is 3.29. The smallest absolute Gasteiger partial charge is 0.144 e. The van der Waals surface area contributed by atoms with Gasteiger partial charge in [0.2, 0.25) is 0 Å². The van der Waals surface area contributed by atoms with Crippen LogP contribution in [0.4, 0.5) is 4.39 Å². The van der Waals surface area contributed by atoms with Gasteiger partial charge >= 0.3 is 0 Å². The lowest BCUT2D eigenvalue weighted by molar-refractivity contribution is 0.284. The Labute approximate surface area is 109 Å². The number of pyridine rings is 1. The minimum atomic E-state index is -0.140. The number of nitrogens with one attached hydrogen (secondary N) is 1. The molecule has 18 heavy (non-hydrogen) atoms. The van der Waals surface area contributed by atoms with Crippen molar-refractivity contribution in [3.8, 4) is 0 Å². The van der Waals surface area contributed by atoms with E-state index in [4.69, 9.17) is 0 Å². The van der Waals surface area contributed by atoms with E-state index in [1.165, 1.54) is 25.5 Å². The monoisotopic (exact) mass is 250 g/mol. The fourth-order valence-corrected chi connectivity index (χ4v) is 2.94. The second-order valence-corrected chi connectivity index (χ2v) is 5.61. The quantitative estimate of drug-likeness (QED) is 0.884. The van der Waals surface area contributed by atoms with Gasteiger partial charge in [0.25, 0.3) is 0 Å². The van der Waals surface area contributed by atoms with E-state index in [2.05, 4.69) is 24.1 Å². The summed E-state index contributed by atoms with van der Waals surface area (Å²) in [4.78, 5) is 3.85. The van der Waals surface area contributed by atoms with Gasteiger partial charge in [-0.2, -0.15) is 0 Å². The Balaban J connectivity index is 2.10. The van der Waals surface area contributed by atoms with Crippen LogP contribution in [-0.2, 0) is 0 Å². The maximum absolute atomic E-state index is 13.9.